The molecule has 0 saturated heterocycles. The van der Waals surface area contributed by atoms with E-state index in [9.17, 15) is 14.7 Å². The van der Waals surface area contributed by atoms with Gasteiger partial charge in [0, 0.05) is 15.9 Å². The first kappa shape index (κ1) is 12.0. The van der Waals surface area contributed by atoms with Crippen LogP contribution in [0.5, 0.6) is 5.75 Å². The van der Waals surface area contributed by atoms with Crippen LogP contribution in [-0.4, -0.2) is 9.82 Å². The largest absolute Gasteiger partial charge is 0.468 e. The smallest absolute Gasteiger partial charge is 0.413 e. The number of nitro groups is 1. The molecule has 1 aromatic rings. The lowest BCUT2D eigenvalue weighted by molar-refractivity contribution is -0.385. The average molecular weight is 244 g/mol. The molecule has 0 heterocycles. The first-order valence-electron chi connectivity index (χ1n) is 3.79. The maximum atomic E-state index is 11.0. The van der Waals surface area contributed by atoms with Crippen LogP contribution in [0.3, 0.4) is 0 Å². The van der Waals surface area contributed by atoms with Crippen molar-refractivity contribution in [1.29, 1.82) is 0 Å². The molecule has 0 amide bonds. The van der Waals surface area contributed by atoms with Crippen LogP contribution < -0.4 is 4.52 Å². The molecule has 1 N–H and O–H groups in total. The molecule has 0 saturated carbocycles. The minimum atomic E-state index is -4.58. The Hall–Kier alpha value is -2.08. The van der Waals surface area contributed by atoms with Crippen molar-refractivity contribution in [2.24, 2.45) is 4.88 Å². The van der Waals surface area contributed by atoms with Gasteiger partial charge in [-0.05, 0) is 11.6 Å². The summed E-state index contributed by atoms with van der Waals surface area (Å²) in [5.41, 5.74) is 7.48. The Bertz CT molecular complexity index is 511. The van der Waals surface area contributed by atoms with E-state index in [0.29, 0.717) is 0 Å². The van der Waals surface area contributed by atoms with Crippen LogP contribution >= 0.6 is 7.75 Å². The lowest BCUT2D eigenvalue weighted by atomic mass is 10.3. The minimum absolute atomic E-state index is 0.439. The zero-order valence-electron chi connectivity index (χ0n) is 7.63. The highest BCUT2D eigenvalue weighted by Gasteiger charge is 2.24. The Morgan fingerprint density at radius 1 is 1.56 bits per heavy atom. The Morgan fingerprint density at radius 2 is 2.19 bits per heavy atom. The Balaban J connectivity index is 3.11. The van der Waals surface area contributed by atoms with E-state index in [1.807, 2.05) is 0 Å². The second-order valence-electron chi connectivity index (χ2n) is 2.49. The van der Waals surface area contributed by atoms with Crippen LogP contribution in [0, 0.1) is 10.1 Å². The van der Waals surface area contributed by atoms with Gasteiger partial charge in [0.2, 0.25) is 5.75 Å². The molecule has 0 aromatic heterocycles. The van der Waals surface area contributed by atoms with Gasteiger partial charge in [-0.2, -0.15) is 0 Å². The molecule has 0 fully saturated rings. The van der Waals surface area contributed by atoms with Gasteiger partial charge in [-0.15, -0.1) is 0 Å². The van der Waals surface area contributed by atoms with Crippen molar-refractivity contribution < 1.29 is 18.9 Å². The topological polar surface area (TPSA) is 138 Å². The fourth-order valence-electron chi connectivity index (χ4n) is 0.882. The van der Waals surface area contributed by atoms with Crippen molar-refractivity contribution in [2.75, 3.05) is 0 Å². The van der Waals surface area contributed by atoms with Gasteiger partial charge in [0.25, 0.3) is 0 Å². The zero-order chi connectivity index (χ0) is 12.2. The quantitative estimate of drug-likeness (QED) is 0.216. The minimum Gasteiger partial charge on any atom is -0.413 e. The fraction of sp³-hybridized carbons (Fsp3) is 0. The summed E-state index contributed by atoms with van der Waals surface area (Å²) >= 11 is 0. The molecule has 1 rings (SSSR count). The number of benzene rings is 1. The number of hydrogen-bond donors (Lipinski definition) is 1. The molecule has 10 heteroatoms. The molecule has 1 aromatic carbocycles. The van der Waals surface area contributed by atoms with E-state index < -0.39 is 24.1 Å². The van der Waals surface area contributed by atoms with Gasteiger partial charge in [0.1, 0.15) is 0 Å². The van der Waals surface area contributed by atoms with E-state index in [0.717, 1.165) is 12.1 Å². The van der Waals surface area contributed by atoms with E-state index in [-0.39, 0.29) is 0 Å². The Kier molecular flexibility index (Phi) is 3.47. The summed E-state index contributed by atoms with van der Waals surface area (Å²) in [7, 11) is -4.58. The van der Waals surface area contributed by atoms with E-state index >= 15 is 0 Å². The van der Waals surface area contributed by atoms with Gasteiger partial charge in [-0.25, -0.2) is 4.57 Å². The van der Waals surface area contributed by atoms with Crippen molar-refractivity contribution in [3.8, 4) is 5.75 Å². The predicted molar refractivity (Wildman–Crippen MR) is 52.7 cm³/mol. The van der Waals surface area contributed by atoms with Gasteiger partial charge in [-0.3, -0.25) is 10.1 Å². The molecule has 0 aliphatic rings. The maximum Gasteiger partial charge on any atom is 0.468 e. The summed E-state index contributed by atoms with van der Waals surface area (Å²) in [6.07, 6.45) is 0. The summed E-state index contributed by atoms with van der Waals surface area (Å²) in [5.74, 6) is -0.439. The SMILES string of the molecule is [N-]=[N+]=NP(=O)(O)Oc1ccccc1[N+](=O)[O-]. The number of para-hydroxylation sites is 2. The highest BCUT2D eigenvalue weighted by molar-refractivity contribution is 7.51. The Morgan fingerprint density at radius 3 is 2.75 bits per heavy atom. The molecule has 84 valence electrons. The van der Waals surface area contributed by atoms with Gasteiger partial charge in [0.05, 0.1) is 4.92 Å². The number of hydrogen-bond acceptors (Lipinski definition) is 4. The normalized spacial score (nSPS) is 13.3. The lowest BCUT2D eigenvalue weighted by Gasteiger charge is -2.07. The number of nitrogens with zero attached hydrogens (tertiary/aromatic N) is 4. The number of rotatable bonds is 4. The highest BCUT2D eigenvalue weighted by Crippen LogP contribution is 2.46. The Labute approximate surface area is 88.6 Å². The molecule has 9 nitrogen and oxygen atoms in total. The third kappa shape index (κ3) is 2.96. The monoisotopic (exact) mass is 244 g/mol. The lowest BCUT2D eigenvalue weighted by Crippen LogP contribution is -1.94. The van der Waals surface area contributed by atoms with Gasteiger partial charge in [0.15, 0.2) is 0 Å². The number of nitro benzene ring substituents is 1. The number of azide groups is 1. The fourth-order valence-corrected chi connectivity index (χ4v) is 1.43. The summed E-state index contributed by atoms with van der Waals surface area (Å²) in [6.45, 7) is 0. The molecule has 0 spiro atoms. The summed E-state index contributed by atoms with van der Waals surface area (Å²) < 4.78 is 15.4. The van der Waals surface area contributed by atoms with Crippen LogP contribution in [0.2, 0.25) is 0 Å². The van der Waals surface area contributed by atoms with Crippen molar-refractivity contribution in [3.05, 3.63) is 44.8 Å². The molecule has 0 aliphatic carbocycles. The predicted octanol–water partition coefficient (Wildman–Crippen LogP) is 2.38. The van der Waals surface area contributed by atoms with Crippen LogP contribution in [-0.2, 0) is 4.57 Å². The van der Waals surface area contributed by atoms with Gasteiger partial charge >= 0.3 is 13.4 Å². The van der Waals surface area contributed by atoms with E-state index in [4.69, 9.17) is 10.4 Å². The molecule has 0 radical (unpaired) electrons. The summed E-state index contributed by atoms with van der Waals surface area (Å²) in [5, 5.41) is 10.5. The zero-order valence-corrected chi connectivity index (χ0v) is 8.52. The third-order valence-corrected chi connectivity index (χ3v) is 2.17. The van der Waals surface area contributed by atoms with Crippen LogP contribution in [0.15, 0.2) is 29.2 Å². The highest BCUT2D eigenvalue weighted by atomic mass is 31.2. The molecule has 0 aliphatic heterocycles. The summed E-state index contributed by atoms with van der Waals surface area (Å²) in [6, 6.07) is 4.94. The van der Waals surface area contributed by atoms with Crippen molar-refractivity contribution >= 4 is 13.4 Å². The first-order valence-corrected chi connectivity index (χ1v) is 5.32. The second-order valence-corrected chi connectivity index (χ2v) is 3.83. The van der Waals surface area contributed by atoms with Gasteiger partial charge in [-0.1, -0.05) is 12.1 Å². The van der Waals surface area contributed by atoms with E-state index in [1.165, 1.54) is 12.1 Å². The van der Waals surface area contributed by atoms with Gasteiger partial charge < -0.3 is 9.42 Å². The van der Waals surface area contributed by atoms with Crippen LogP contribution in [0.1, 0.15) is 0 Å². The summed E-state index contributed by atoms with van der Waals surface area (Å²) in [4.78, 5) is 23.3. The van der Waals surface area contributed by atoms with Crippen LogP contribution in [0.25, 0.3) is 10.4 Å². The second kappa shape index (κ2) is 4.63. The standard InChI is InChI=1S/C6H5N4O5P/c7-8-9-16(13,14)15-6-4-2-1-3-5(6)10(11)12/h1-4H,(H,13,14). The van der Waals surface area contributed by atoms with Crippen molar-refractivity contribution in [3.63, 3.8) is 0 Å². The molecular formula is C6H5N4O5P. The van der Waals surface area contributed by atoms with Crippen molar-refractivity contribution in [2.45, 2.75) is 0 Å². The van der Waals surface area contributed by atoms with E-state index in [2.05, 4.69) is 14.3 Å². The molecular weight excluding hydrogens is 239 g/mol. The van der Waals surface area contributed by atoms with Crippen molar-refractivity contribution in [1.82, 2.24) is 0 Å². The first-order chi connectivity index (χ1) is 7.46. The third-order valence-electron chi connectivity index (χ3n) is 1.43. The molecule has 1 unspecified atom stereocenters. The molecule has 1 atom stereocenters. The van der Waals surface area contributed by atoms with Crippen LogP contribution in [0.4, 0.5) is 5.69 Å². The average Bonchev–Trinajstić information content (AvgIpc) is 2.17. The molecule has 16 heavy (non-hydrogen) atoms. The molecule has 0 bridgehead atoms. The maximum absolute atomic E-state index is 11.0. The van der Waals surface area contributed by atoms with E-state index in [1.54, 1.807) is 0 Å².